The highest BCUT2D eigenvalue weighted by Gasteiger charge is 2.24. The second-order valence-electron chi connectivity index (χ2n) is 5.69. The number of aryl methyl sites for hydroxylation is 1. The average Bonchev–Trinajstić information content (AvgIpc) is 2.27. The minimum absolute atomic E-state index is 0.0403. The van der Waals surface area contributed by atoms with Crippen LogP contribution >= 0.6 is 0 Å². The number of amides is 1. The molecule has 1 aromatic carbocycles. The van der Waals surface area contributed by atoms with E-state index in [1.807, 2.05) is 52.8 Å². The maximum atomic E-state index is 12.0. The summed E-state index contributed by atoms with van der Waals surface area (Å²) in [6, 6.07) is 5.92. The maximum absolute atomic E-state index is 12.0. The first-order valence-electron chi connectivity index (χ1n) is 6.21. The van der Waals surface area contributed by atoms with Gasteiger partial charge in [0.1, 0.15) is 5.75 Å². The Kier molecular flexibility index (Phi) is 4.38. The van der Waals surface area contributed by atoms with Gasteiger partial charge in [-0.1, -0.05) is 38.5 Å². The largest absolute Gasteiger partial charge is 0.496 e. The summed E-state index contributed by atoms with van der Waals surface area (Å²) in [5.41, 5.74) is 1.78. The van der Waals surface area contributed by atoms with Crippen LogP contribution in [0.4, 0.5) is 0 Å². The van der Waals surface area contributed by atoms with E-state index in [1.165, 1.54) is 0 Å². The van der Waals surface area contributed by atoms with Gasteiger partial charge < -0.3 is 10.1 Å². The lowest BCUT2D eigenvalue weighted by atomic mass is 9.94. The monoisotopic (exact) mass is 249 g/mol. The van der Waals surface area contributed by atoms with E-state index in [4.69, 9.17) is 4.74 Å². The molecule has 0 unspecified atom stereocenters. The SMILES string of the molecule is COc1ccc(C)cc1[C@H](C)NC(=O)C(C)(C)C. The van der Waals surface area contributed by atoms with Crippen LogP contribution in [0, 0.1) is 12.3 Å². The standard InChI is InChI=1S/C15H23NO2/c1-10-7-8-13(18-6)12(9-10)11(2)16-14(17)15(3,4)5/h7-9,11H,1-6H3,(H,16,17)/t11-/m0/s1. The Labute approximate surface area is 110 Å². The molecule has 0 heterocycles. The zero-order chi connectivity index (χ0) is 13.9. The summed E-state index contributed by atoms with van der Waals surface area (Å²) in [6.45, 7) is 9.72. The van der Waals surface area contributed by atoms with Crippen molar-refractivity contribution >= 4 is 5.91 Å². The first-order chi connectivity index (χ1) is 8.25. The zero-order valence-corrected chi connectivity index (χ0v) is 12.1. The summed E-state index contributed by atoms with van der Waals surface area (Å²) in [6.07, 6.45) is 0. The van der Waals surface area contributed by atoms with Crippen LogP contribution in [-0.2, 0) is 4.79 Å². The fourth-order valence-electron chi connectivity index (χ4n) is 1.68. The van der Waals surface area contributed by atoms with Crippen molar-refractivity contribution in [3.63, 3.8) is 0 Å². The van der Waals surface area contributed by atoms with Crippen LogP contribution in [0.2, 0.25) is 0 Å². The Morgan fingerprint density at radius 3 is 2.44 bits per heavy atom. The molecule has 0 saturated carbocycles. The van der Waals surface area contributed by atoms with Gasteiger partial charge in [-0.3, -0.25) is 4.79 Å². The molecule has 0 aliphatic carbocycles. The van der Waals surface area contributed by atoms with E-state index >= 15 is 0 Å². The van der Waals surface area contributed by atoms with E-state index in [9.17, 15) is 4.79 Å². The van der Waals surface area contributed by atoms with Crippen molar-refractivity contribution < 1.29 is 9.53 Å². The molecule has 3 nitrogen and oxygen atoms in total. The normalized spacial score (nSPS) is 13.0. The van der Waals surface area contributed by atoms with E-state index in [0.29, 0.717) is 0 Å². The van der Waals surface area contributed by atoms with Crippen LogP contribution in [0.25, 0.3) is 0 Å². The molecule has 1 atom stereocenters. The number of hydrogen-bond donors (Lipinski definition) is 1. The molecule has 1 aromatic rings. The number of methoxy groups -OCH3 is 1. The molecular weight excluding hydrogens is 226 g/mol. The fourth-order valence-corrected chi connectivity index (χ4v) is 1.68. The molecule has 0 aliphatic rings. The maximum Gasteiger partial charge on any atom is 0.225 e. The van der Waals surface area contributed by atoms with Gasteiger partial charge in [0.2, 0.25) is 5.91 Å². The van der Waals surface area contributed by atoms with Crippen molar-refractivity contribution in [3.05, 3.63) is 29.3 Å². The lowest BCUT2D eigenvalue weighted by Crippen LogP contribution is -2.36. The highest BCUT2D eigenvalue weighted by Crippen LogP contribution is 2.27. The zero-order valence-electron chi connectivity index (χ0n) is 12.1. The summed E-state index contributed by atoms with van der Waals surface area (Å²) >= 11 is 0. The number of benzene rings is 1. The highest BCUT2D eigenvalue weighted by atomic mass is 16.5. The Hall–Kier alpha value is -1.51. The molecule has 18 heavy (non-hydrogen) atoms. The van der Waals surface area contributed by atoms with Gasteiger partial charge >= 0.3 is 0 Å². The molecule has 0 aliphatic heterocycles. The molecule has 3 heteroatoms. The second-order valence-corrected chi connectivity index (χ2v) is 5.69. The number of carbonyl (C=O) groups excluding carboxylic acids is 1. The van der Waals surface area contributed by atoms with E-state index in [2.05, 4.69) is 5.32 Å². The Morgan fingerprint density at radius 1 is 1.33 bits per heavy atom. The molecule has 1 amide bonds. The number of ether oxygens (including phenoxy) is 1. The number of nitrogens with one attached hydrogen (secondary N) is 1. The predicted molar refractivity (Wildman–Crippen MR) is 73.7 cm³/mol. The lowest BCUT2D eigenvalue weighted by molar-refractivity contribution is -0.129. The highest BCUT2D eigenvalue weighted by molar-refractivity contribution is 5.81. The van der Waals surface area contributed by atoms with E-state index < -0.39 is 0 Å². The van der Waals surface area contributed by atoms with Gasteiger partial charge in [0.25, 0.3) is 0 Å². The molecule has 0 aromatic heterocycles. The first kappa shape index (κ1) is 14.6. The number of carbonyl (C=O) groups is 1. The van der Waals surface area contributed by atoms with Crippen molar-refractivity contribution in [1.82, 2.24) is 5.32 Å². The third-order valence-electron chi connectivity index (χ3n) is 2.88. The van der Waals surface area contributed by atoms with Crippen LogP contribution in [0.15, 0.2) is 18.2 Å². The van der Waals surface area contributed by atoms with Crippen LogP contribution in [-0.4, -0.2) is 13.0 Å². The summed E-state index contributed by atoms with van der Waals surface area (Å²) < 4.78 is 5.34. The van der Waals surface area contributed by atoms with Gasteiger partial charge in [-0.25, -0.2) is 0 Å². The third-order valence-corrected chi connectivity index (χ3v) is 2.88. The first-order valence-corrected chi connectivity index (χ1v) is 6.21. The molecule has 0 spiro atoms. The molecule has 0 radical (unpaired) electrons. The topological polar surface area (TPSA) is 38.3 Å². The second kappa shape index (κ2) is 5.42. The quantitative estimate of drug-likeness (QED) is 0.893. The van der Waals surface area contributed by atoms with Crippen LogP contribution in [0.1, 0.15) is 44.9 Å². The fraction of sp³-hybridized carbons (Fsp3) is 0.533. The van der Waals surface area contributed by atoms with Gasteiger partial charge in [-0.2, -0.15) is 0 Å². The average molecular weight is 249 g/mol. The van der Waals surface area contributed by atoms with Gasteiger partial charge in [0.15, 0.2) is 0 Å². The van der Waals surface area contributed by atoms with E-state index in [0.717, 1.165) is 16.9 Å². The van der Waals surface area contributed by atoms with Crippen LogP contribution in [0.3, 0.4) is 0 Å². The van der Waals surface area contributed by atoms with Crippen molar-refractivity contribution in [2.75, 3.05) is 7.11 Å². The summed E-state index contributed by atoms with van der Waals surface area (Å²) in [5.74, 6) is 0.848. The van der Waals surface area contributed by atoms with Crippen molar-refractivity contribution in [1.29, 1.82) is 0 Å². The molecule has 0 fully saturated rings. The lowest BCUT2D eigenvalue weighted by Gasteiger charge is -2.23. The Bertz CT molecular complexity index is 433. The molecule has 1 rings (SSSR count). The summed E-state index contributed by atoms with van der Waals surface area (Å²) in [5, 5.41) is 3.02. The minimum atomic E-state index is -0.384. The number of hydrogen-bond acceptors (Lipinski definition) is 2. The minimum Gasteiger partial charge on any atom is -0.496 e. The number of rotatable bonds is 3. The van der Waals surface area contributed by atoms with Gasteiger partial charge in [0.05, 0.1) is 13.2 Å². The molecular formula is C15H23NO2. The van der Waals surface area contributed by atoms with Crippen LogP contribution in [0.5, 0.6) is 5.75 Å². The summed E-state index contributed by atoms with van der Waals surface area (Å²) in [7, 11) is 1.65. The van der Waals surface area contributed by atoms with Crippen molar-refractivity contribution in [2.45, 2.75) is 40.7 Å². The van der Waals surface area contributed by atoms with Gasteiger partial charge in [0, 0.05) is 11.0 Å². The molecule has 0 bridgehead atoms. The molecule has 0 saturated heterocycles. The van der Waals surface area contributed by atoms with Crippen molar-refractivity contribution in [2.24, 2.45) is 5.41 Å². The van der Waals surface area contributed by atoms with Crippen molar-refractivity contribution in [3.8, 4) is 5.75 Å². The molecule has 1 N–H and O–H groups in total. The van der Waals surface area contributed by atoms with Crippen LogP contribution < -0.4 is 10.1 Å². The smallest absolute Gasteiger partial charge is 0.225 e. The van der Waals surface area contributed by atoms with E-state index in [1.54, 1.807) is 7.11 Å². The summed E-state index contributed by atoms with van der Waals surface area (Å²) in [4.78, 5) is 12.0. The predicted octanol–water partition coefficient (Wildman–Crippen LogP) is 3.23. The van der Waals surface area contributed by atoms with E-state index in [-0.39, 0.29) is 17.4 Å². The van der Waals surface area contributed by atoms with Gasteiger partial charge in [-0.05, 0) is 19.9 Å². The third kappa shape index (κ3) is 3.49. The Balaban J connectivity index is 2.93. The Morgan fingerprint density at radius 2 is 1.94 bits per heavy atom. The molecule has 100 valence electrons. The van der Waals surface area contributed by atoms with Gasteiger partial charge in [-0.15, -0.1) is 0 Å².